The highest BCUT2D eigenvalue weighted by molar-refractivity contribution is 5.82. The molecule has 0 radical (unpaired) electrons. The molecule has 0 bridgehead atoms. The van der Waals surface area contributed by atoms with E-state index in [1.165, 1.54) is 10.8 Å². The van der Waals surface area contributed by atoms with E-state index < -0.39 is 0 Å². The lowest BCUT2D eigenvalue weighted by Crippen LogP contribution is -2.08. The summed E-state index contributed by atoms with van der Waals surface area (Å²) in [5, 5.41) is 2.41. The fourth-order valence-electron chi connectivity index (χ4n) is 1.60. The van der Waals surface area contributed by atoms with Crippen molar-refractivity contribution in [2.24, 2.45) is 0 Å². The summed E-state index contributed by atoms with van der Waals surface area (Å²) in [5.41, 5.74) is 1.09. The molecule has 2 aromatic carbocycles. The maximum Gasteiger partial charge on any atom is 0.148 e. The van der Waals surface area contributed by atoms with Crippen LogP contribution >= 0.6 is 0 Å². The highest BCUT2D eigenvalue weighted by Crippen LogP contribution is 2.16. The van der Waals surface area contributed by atoms with Crippen LogP contribution in [0.2, 0.25) is 0 Å². The number of carbonyl (C=O) groups is 1. The van der Waals surface area contributed by atoms with Crippen molar-refractivity contribution < 1.29 is 9.53 Å². The van der Waals surface area contributed by atoms with Gasteiger partial charge in [-0.1, -0.05) is 36.4 Å². The minimum absolute atomic E-state index is 0.341. The molecule has 0 saturated carbocycles. The number of ether oxygens (including phenoxy) is 1. The largest absolute Gasteiger partial charge is 0.366 e. The zero-order valence-electron chi connectivity index (χ0n) is 9.22. The quantitative estimate of drug-likeness (QED) is 0.731. The van der Waals surface area contributed by atoms with Crippen LogP contribution in [0.15, 0.2) is 42.5 Å². The molecule has 2 rings (SSSR count). The predicted molar refractivity (Wildman–Crippen MR) is 64.3 cm³/mol. The summed E-state index contributed by atoms with van der Waals surface area (Å²) in [5.74, 6) is 0. The molecule has 16 heavy (non-hydrogen) atoms. The van der Waals surface area contributed by atoms with Crippen molar-refractivity contribution in [1.29, 1.82) is 0 Å². The third kappa shape index (κ3) is 2.47. The number of aldehydes is 1. The number of rotatable bonds is 4. The average Bonchev–Trinajstić information content (AvgIpc) is 2.35. The standard InChI is InChI=1S/C14H14O2/c1-11(9-15)16-10-12-6-7-13-4-2-3-5-14(13)8-12/h2-9,11H,10H2,1H3/t11-/m0/s1. The number of benzene rings is 2. The lowest BCUT2D eigenvalue weighted by molar-refractivity contribution is -0.117. The van der Waals surface area contributed by atoms with E-state index >= 15 is 0 Å². The zero-order valence-corrected chi connectivity index (χ0v) is 9.22. The first-order chi connectivity index (χ1) is 7.79. The van der Waals surface area contributed by atoms with Crippen LogP contribution in [0.25, 0.3) is 10.8 Å². The molecule has 0 saturated heterocycles. The van der Waals surface area contributed by atoms with Gasteiger partial charge in [0.15, 0.2) is 0 Å². The Labute approximate surface area is 94.8 Å². The molecule has 0 aromatic heterocycles. The molecule has 82 valence electrons. The minimum Gasteiger partial charge on any atom is -0.366 e. The Morgan fingerprint density at radius 1 is 1.19 bits per heavy atom. The molecule has 0 spiro atoms. The Kier molecular flexibility index (Phi) is 3.32. The highest BCUT2D eigenvalue weighted by atomic mass is 16.5. The molecule has 0 fully saturated rings. The summed E-state index contributed by atoms with van der Waals surface area (Å²) >= 11 is 0. The van der Waals surface area contributed by atoms with E-state index in [0.717, 1.165) is 11.8 Å². The van der Waals surface area contributed by atoms with Gasteiger partial charge in [-0.25, -0.2) is 0 Å². The Morgan fingerprint density at radius 3 is 2.69 bits per heavy atom. The smallest absolute Gasteiger partial charge is 0.148 e. The van der Waals surface area contributed by atoms with Crippen molar-refractivity contribution in [1.82, 2.24) is 0 Å². The van der Waals surface area contributed by atoms with Gasteiger partial charge < -0.3 is 9.53 Å². The van der Waals surface area contributed by atoms with Crippen LogP contribution in [0.1, 0.15) is 12.5 Å². The SMILES string of the molecule is C[C@@H](C=O)OCc1ccc2ccccc2c1. The number of hydrogen-bond acceptors (Lipinski definition) is 2. The molecule has 0 unspecified atom stereocenters. The molecule has 2 aromatic rings. The van der Waals surface area contributed by atoms with E-state index in [1.54, 1.807) is 6.92 Å². The van der Waals surface area contributed by atoms with Crippen LogP contribution in [-0.2, 0) is 16.1 Å². The second-order valence-electron chi connectivity index (χ2n) is 3.83. The molecule has 0 amide bonds. The van der Waals surface area contributed by atoms with Gasteiger partial charge in [-0.3, -0.25) is 0 Å². The number of hydrogen-bond donors (Lipinski definition) is 0. The Balaban J connectivity index is 2.16. The molecular formula is C14H14O2. The fraction of sp³-hybridized carbons (Fsp3) is 0.214. The molecule has 0 N–H and O–H groups in total. The van der Waals surface area contributed by atoms with Crippen LogP contribution in [0.4, 0.5) is 0 Å². The van der Waals surface area contributed by atoms with E-state index in [-0.39, 0.29) is 6.10 Å². The topological polar surface area (TPSA) is 26.3 Å². The van der Waals surface area contributed by atoms with Crippen molar-refractivity contribution in [3.8, 4) is 0 Å². The lowest BCUT2D eigenvalue weighted by Gasteiger charge is -2.07. The van der Waals surface area contributed by atoms with Gasteiger partial charge in [0.25, 0.3) is 0 Å². The predicted octanol–water partition coefficient (Wildman–Crippen LogP) is 2.94. The normalized spacial score (nSPS) is 12.6. The highest BCUT2D eigenvalue weighted by Gasteiger charge is 2.00. The molecule has 2 heteroatoms. The summed E-state index contributed by atoms with van der Waals surface area (Å²) in [6, 6.07) is 14.4. The first-order valence-electron chi connectivity index (χ1n) is 5.34. The van der Waals surface area contributed by atoms with Crippen molar-refractivity contribution in [3.05, 3.63) is 48.0 Å². The monoisotopic (exact) mass is 214 g/mol. The summed E-state index contributed by atoms with van der Waals surface area (Å²) in [6.45, 7) is 2.22. The second-order valence-corrected chi connectivity index (χ2v) is 3.83. The number of carbonyl (C=O) groups excluding carboxylic acids is 1. The van der Waals surface area contributed by atoms with Crippen LogP contribution in [-0.4, -0.2) is 12.4 Å². The minimum atomic E-state index is -0.341. The summed E-state index contributed by atoms with van der Waals surface area (Å²) in [6.07, 6.45) is 0.465. The van der Waals surface area contributed by atoms with Gasteiger partial charge in [-0.05, 0) is 29.3 Å². The molecule has 1 atom stereocenters. The van der Waals surface area contributed by atoms with Gasteiger partial charge >= 0.3 is 0 Å². The van der Waals surface area contributed by atoms with Gasteiger partial charge in [0.2, 0.25) is 0 Å². The maximum atomic E-state index is 10.4. The van der Waals surface area contributed by atoms with Gasteiger partial charge in [-0.15, -0.1) is 0 Å². The molecule has 0 aliphatic carbocycles. The Bertz CT molecular complexity index is 491. The Morgan fingerprint density at radius 2 is 1.94 bits per heavy atom. The lowest BCUT2D eigenvalue weighted by atomic mass is 10.1. The van der Waals surface area contributed by atoms with Crippen molar-refractivity contribution in [3.63, 3.8) is 0 Å². The van der Waals surface area contributed by atoms with Gasteiger partial charge in [0, 0.05) is 0 Å². The van der Waals surface area contributed by atoms with Gasteiger partial charge in [0.05, 0.1) is 6.61 Å². The summed E-state index contributed by atoms with van der Waals surface area (Å²) in [7, 11) is 0. The first kappa shape index (κ1) is 10.8. The van der Waals surface area contributed by atoms with Crippen molar-refractivity contribution in [2.75, 3.05) is 0 Å². The van der Waals surface area contributed by atoms with Crippen LogP contribution < -0.4 is 0 Å². The van der Waals surface area contributed by atoms with Crippen LogP contribution in [0.5, 0.6) is 0 Å². The molecule has 0 heterocycles. The summed E-state index contributed by atoms with van der Waals surface area (Å²) < 4.78 is 5.36. The average molecular weight is 214 g/mol. The van der Waals surface area contributed by atoms with Gasteiger partial charge in [0.1, 0.15) is 12.4 Å². The third-order valence-electron chi connectivity index (χ3n) is 2.52. The van der Waals surface area contributed by atoms with E-state index in [9.17, 15) is 4.79 Å². The van der Waals surface area contributed by atoms with Gasteiger partial charge in [-0.2, -0.15) is 0 Å². The van der Waals surface area contributed by atoms with Crippen molar-refractivity contribution in [2.45, 2.75) is 19.6 Å². The van der Waals surface area contributed by atoms with E-state index in [4.69, 9.17) is 4.74 Å². The molecule has 0 aliphatic rings. The number of fused-ring (bicyclic) bond motifs is 1. The first-order valence-corrected chi connectivity index (χ1v) is 5.34. The zero-order chi connectivity index (χ0) is 11.4. The summed E-state index contributed by atoms with van der Waals surface area (Å²) in [4.78, 5) is 10.4. The van der Waals surface area contributed by atoms with Crippen molar-refractivity contribution >= 4 is 17.1 Å². The van der Waals surface area contributed by atoms with E-state index in [0.29, 0.717) is 6.61 Å². The molecule has 0 aliphatic heterocycles. The van der Waals surface area contributed by atoms with Crippen LogP contribution in [0, 0.1) is 0 Å². The fourth-order valence-corrected chi connectivity index (χ4v) is 1.60. The Hall–Kier alpha value is -1.67. The molecular weight excluding hydrogens is 200 g/mol. The third-order valence-corrected chi connectivity index (χ3v) is 2.52. The second kappa shape index (κ2) is 4.90. The van der Waals surface area contributed by atoms with E-state index in [1.807, 2.05) is 18.2 Å². The van der Waals surface area contributed by atoms with Crippen LogP contribution in [0.3, 0.4) is 0 Å². The maximum absolute atomic E-state index is 10.4. The molecule has 2 nitrogen and oxygen atoms in total. The van der Waals surface area contributed by atoms with E-state index in [2.05, 4.69) is 24.3 Å².